The van der Waals surface area contributed by atoms with E-state index in [2.05, 4.69) is 11.5 Å². The van der Waals surface area contributed by atoms with Crippen LogP contribution in [0.2, 0.25) is 0 Å². The Morgan fingerprint density at radius 3 is 1.09 bits per heavy atom. The molecule has 0 aromatic heterocycles. The Morgan fingerprint density at radius 2 is 1.09 bits per heavy atom. The number of carbonyl (C=O) groups excluding carboxylic acids is 1. The summed E-state index contributed by atoms with van der Waals surface area (Å²) in [5, 5.41) is 12.0. The molecule has 8 nitrogen and oxygen atoms in total. The van der Waals surface area contributed by atoms with Crippen LogP contribution in [-0.4, -0.2) is 16.5 Å². The van der Waals surface area contributed by atoms with Crippen molar-refractivity contribution >= 4 is 6.03 Å². The molecule has 0 aliphatic carbocycles. The van der Waals surface area contributed by atoms with E-state index in [1.807, 2.05) is 0 Å². The van der Waals surface area contributed by atoms with Gasteiger partial charge in [0.1, 0.15) is 0 Å². The molecular formula is C2H9N2O6Re-. The quantitative estimate of drug-likeness (QED) is 0.254. The third-order valence-electron chi connectivity index (χ3n) is 0. The fourth-order valence-corrected chi connectivity index (χ4v) is 0. The van der Waals surface area contributed by atoms with Gasteiger partial charge in [-0.05, 0) is 0 Å². The molecule has 0 spiro atoms. The molecule has 0 radical (unpaired) electrons. The molecular weight excluding hydrogens is 334 g/mol. The molecule has 0 aliphatic rings. The van der Waals surface area contributed by atoms with E-state index < -0.39 is 22.7 Å². The van der Waals surface area contributed by atoms with Crippen LogP contribution >= 0.6 is 0 Å². The molecule has 0 fully saturated rings. The van der Waals surface area contributed by atoms with Crippen molar-refractivity contribution in [2.75, 3.05) is 0 Å². The zero-order valence-electron chi connectivity index (χ0n) is 5.56. The number of nitrogens with two attached hydrogens (primary N) is 2. The van der Waals surface area contributed by atoms with Crippen molar-refractivity contribution in [2.45, 2.75) is 0 Å². The Bertz CT molecular complexity index is 147. The van der Waals surface area contributed by atoms with Crippen molar-refractivity contribution < 1.29 is 42.4 Å². The predicted octanol–water partition coefficient (Wildman–Crippen LogP) is -0.867. The SMILES string of the molecule is NC(N)=O.OO.[CH3-].[O]=[Re](=[O])=[O]. The predicted molar refractivity (Wildman–Crippen MR) is 27.5 cm³/mol. The van der Waals surface area contributed by atoms with Gasteiger partial charge in [-0.25, -0.2) is 4.79 Å². The Hall–Kier alpha value is -0.748. The van der Waals surface area contributed by atoms with Gasteiger partial charge in [0, 0.05) is 0 Å². The number of amides is 2. The molecule has 0 saturated carbocycles. The summed E-state index contributed by atoms with van der Waals surface area (Å²) in [6, 6.07) is -0.833. The molecule has 9 heteroatoms. The minimum absolute atomic E-state index is 0. The Balaban J connectivity index is -0.0000000339. The number of primary amides is 2. The molecule has 0 bridgehead atoms. The van der Waals surface area contributed by atoms with E-state index in [0.717, 1.165) is 0 Å². The van der Waals surface area contributed by atoms with Gasteiger partial charge in [0.15, 0.2) is 0 Å². The number of urea groups is 1. The Kier molecular flexibility index (Phi) is 46.6. The van der Waals surface area contributed by atoms with Gasteiger partial charge in [-0.2, -0.15) is 0 Å². The zero-order valence-corrected chi connectivity index (χ0v) is 8.28. The second kappa shape index (κ2) is 22.8. The van der Waals surface area contributed by atoms with Crippen molar-refractivity contribution in [1.29, 1.82) is 0 Å². The second-order valence-corrected chi connectivity index (χ2v) is 1.95. The van der Waals surface area contributed by atoms with Crippen LogP contribution in [0.3, 0.4) is 0 Å². The van der Waals surface area contributed by atoms with Gasteiger partial charge in [0.2, 0.25) is 0 Å². The van der Waals surface area contributed by atoms with E-state index in [1.165, 1.54) is 0 Å². The van der Waals surface area contributed by atoms with E-state index in [-0.39, 0.29) is 7.43 Å². The molecule has 0 aliphatic heterocycles. The van der Waals surface area contributed by atoms with Crippen LogP contribution in [0.5, 0.6) is 0 Å². The van der Waals surface area contributed by atoms with Gasteiger partial charge in [0.05, 0.1) is 0 Å². The molecule has 71 valence electrons. The van der Waals surface area contributed by atoms with Crippen LogP contribution in [-0.2, 0) is 27.0 Å². The van der Waals surface area contributed by atoms with Crippen LogP contribution in [0.1, 0.15) is 0 Å². The average Bonchev–Trinajstić information content (AvgIpc) is 1.66. The first kappa shape index (κ1) is 22.5. The fraction of sp³-hybridized carbons (Fsp3) is 0. The number of carbonyl (C=O) groups is 1. The molecule has 0 rings (SSSR count). The minimum atomic E-state index is -4.21. The van der Waals surface area contributed by atoms with E-state index in [4.69, 9.17) is 25.7 Å². The Labute approximate surface area is 67.9 Å². The molecule has 0 saturated heterocycles. The zero-order chi connectivity index (χ0) is 9.15. The van der Waals surface area contributed by atoms with E-state index in [1.54, 1.807) is 0 Å². The van der Waals surface area contributed by atoms with Crippen molar-refractivity contribution in [3.05, 3.63) is 7.43 Å². The summed E-state index contributed by atoms with van der Waals surface area (Å²) in [5.41, 5.74) is 8.50. The second-order valence-electron chi connectivity index (χ2n) is 0.591. The van der Waals surface area contributed by atoms with Crippen molar-refractivity contribution in [1.82, 2.24) is 0 Å². The fourth-order valence-electron chi connectivity index (χ4n) is 0. The van der Waals surface area contributed by atoms with Gasteiger partial charge >= 0.3 is 33.1 Å². The van der Waals surface area contributed by atoms with Crippen LogP contribution in [0, 0.1) is 7.43 Å². The van der Waals surface area contributed by atoms with Gasteiger partial charge in [0.25, 0.3) is 0 Å². The van der Waals surface area contributed by atoms with Gasteiger partial charge in [-0.15, -0.1) is 0 Å². The number of hydrogen-bond donors (Lipinski definition) is 4. The maximum absolute atomic E-state index is 9.00. The van der Waals surface area contributed by atoms with E-state index in [0.29, 0.717) is 0 Å². The first-order valence-corrected chi connectivity index (χ1v) is 4.77. The summed E-state index contributed by atoms with van der Waals surface area (Å²) in [5.74, 6) is 0. The summed E-state index contributed by atoms with van der Waals surface area (Å²) in [6.45, 7) is 0. The van der Waals surface area contributed by atoms with Gasteiger partial charge in [-0.1, -0.05) is 0 Å². The number of rotatable bonds is 0. The first-order chi connectivity index (χ1) is 4.46. The molecule has 0 heterocycles. The maximum atomic E-state index is 9.00. The van der Waals surface area contributed by atoms with Crippen molar-refractivity contribution in [2.24, 2.45) is 11.5 Å². The summed E-state index contributed by atoms with van der Waals surface area (Å²) >= 11 is -4.21. The van der Waals surface area contributed by atoms with Crippen LogP contribution < -0.4 is 11.5 Å². The van der Waals surface area contributed by atoms with Crippen molar-refractivity contribution in [3.8, 4) is 0 Å². The molecule has 0 aromatic rings. The van der Waals surface area contributed by atoms with E-state index in [9.17, 15) is 0 Å². The molecule has 0 unspecified atom stereocenters. The molecule has 6 N–H and O–H groups in total. The molecule has 2 amide bonds. The van der Waals surface area contributed by atoms with Gasteiger partial charge < -0.3 is 18.9 Å². The van der Waals surface area contributed by atoms with Crippen LogP contribution in [0.15, 0.2) is 0 Å². The first-order valence-electron chi connectivity index (χ1n) is 1.44. The average molecular weight is 343 g/mol. The standard InChI is InChI=1S/CH4N2O.CH3.H2O2.3O.Re/c2-1(3)4;;1-2;;;;/h(H4,2,3,4);1H3;1-2H;;;;/q;-1;;;;;. The van der Waals surface area contributed by atoms with Crippen LogP contribution in [0.25, 0.3) is 0 Å². The number of hydrogen-bond acceptors (Lipinski definition) is 6. The summed E-state index contributed by atoms with van der Waals surface area (Å²) in [4.78, 5) is 9.00. The summed E-state index contributed by atoms with van der Waals surface area (Å²) in [7, 11) is 0. The van der Waals surface area contributed by atoms with Gasteiger partial charge in [-0.3, -0.25) is 10.5 Å². The topological polar surface area (TPSA) is 161 Å². The summed E-state index contributed by atoms with van der Waals surface area (Å²) < 4.78 is 25.8. The van der Waals surface area contributed by atoms with E-state index >= 15 is 0 Å². The third-order valence-corrected chi connectivity index (χ3v) is 0. The normalized spacial score (nSPS) is 4.91. The monoisotopic (exact) mass is 344 g/mol. The van der Waals surface area contributed by atoms with Crippen LogP contribution in [0.4, 0.5) is 4.79 Å². The summed E-state index contributed by atoms with van der Waals surface area (Å²) in [6.07, 6.45) is 0. The molecule has 0 aromatic carbocycles. The Morgan fingerprint density at radius 1 is 1.09 bits per heavy atom. The molecule has 11 heavy (non-hydrogen) atoms. The van der Waals surface area contributed by atoms with Crippen molar-refractivity contribution in [3.63, 3.8) is 0 Å². The molecule has 0 atom stereocenters. The third kappa shape index (κ3) is 871.